The first-order valence-corrected chi connectivity index (χ1v) is 4.48. The summed E-state index contributed by atoms with van der Waals surface area (Å²) in [7, 11) is 0. The number of halogens is 4. The predicted octanol–water partition coefficient (Wildman–Crippen LogP) is 2.86. The van der Waals surface area contributed by atoms with Crippen molar-refractivity contribution in [2.24, 2.45) is 0 Å². The predicted molar refractivity (Wildman–Crippen MR) is 47.8 cm³/mol. The molecule has 15 heavy (non-hydrogen) atoms. The summed E-state index contributed by atoms with van der Waals surface area (Å²) in [5, 5.41) is 2.34. The smallest absolute Gasteiger partial charge is 0.274 e. The van der Waals surface area contributed by atoms with Crippen molar-refractivity contribution in [3.05, 3.63) is 17.5 Å². The molecule has 0 unspecified atom stereocenters. The first-order valence-electron chi connectivity index (χ1n) is 4.10. The van der Waals surface area contributed by atoms with E-state index in [0.717, 1.165) is 4.68 Å². The lowest BCUT2D eigenvalue weighted by Gasteiger charge is -2.07. The highest BCUT2D eigenvalue weighted by atomic mass is 35.5. The Balaban J connectivity index is 3.28. The highest BCUT2D eigenvalue weighted by molar-refractivity contribution is 6.67. The number of nitrogens with zero attached hydrogens (tertiary/aromatic N) is 2. The van der Waals surface area contributed by atoms with E-state index >= 15 is 0 Å². The molecular weight excluding hydrogens is 233 g/mol. The van der Waals surface area contributed by atoms with Crippen LogP contribution in [0.1, 0.15) is 36.1 Å². The third-order valence-electron chi connectivity index (χ3n) is 1.72. The lowest BCUT2D eigenvalue weighted by atomic mass is 10.3. The van der Waals surface area contributed by atoms with Gasteiger partial charge in [-0.25, -0.2) is 0 Å². The van der Waals surface area contributed by atoms with Crippen LogP contribution in [0.3, 0.4) is 0 Å². The van der Waals surface area contributed by atoms with Crippen LogP contribution in [0.25, 0.3) is 0 Å². The molecule has 7 heteroatoms. The third kappa shape index (κ3) is 2.50. The monoisotopic (exact) mass is 240 g/mol. The van der Waals surface area contributed by atoms with Gasteiger partial charge in [0.25, 0.3) is 5.24 Å². The summed E-state index contributed by atoms with van der Waals surface area (Å²) in [6.07, 6.45) is -4.57. The van der Waals surface area contributed by atoms with Crippen molar-refractivity contribution in [1.82, 2.24) is 9.78 Å². The maximum atomic E-state index is 12.3. The fourth-order valence-electron chi connectivity index (χ4n) is 1.07. The SMILES string of the molecule is CC(C)n1nc(C(F)(F)F)cc1C(=O)Cl. The molecule has 1 rings (SSSR count). The molecule has 0 saturated heterocycles. The topological polar surface area (TPSA) is 34.9 Å². The first-order chi connectivity index (χ1) is 6.73. The van der Waals surface area contributed by atoms with Crippen LogP contribution in [-0.2, 0) is 6.18 Å². The summed E-state index contributed by atoms with van der Waals surface area (Å²) in [6.45, 7) is 3.22. The standard InChI is InChI=1S/C8H8ClF3N2O/c1-4(2)14-5(7(9)15)3-6(13-14)8(10,11)12/h3-4H,1-2H3. The minimum absolute atomic E-state index is 0.251. The second kappa shape index (κ2) is 3.84. The number of rotatable bonds is 2. The van der Waals surface area contributed by atoms with Crippen LogP contribution in [0.2, 0.25) is 0 Å². The van der Waals surface area contributed by atoms with Gasteiger partial charge in [-0.3, -0.25) is 9.48 Å². The normalized spacial score (nSPS) is 12.2. The molecule has 0 saturated carbocycles. The molecule has 0 aliphatic carbocycles. The van der Waals surface area contributed by atoms with E-state index in [0.29, 0.717) is 6.07 Å². The van der Waals surface area contributed by atoms with Gasteiger partial charge in [-0.15, -0.1) is 0 Å². The molecule has 84 valence electrons. The van der Waals surface area contributed by atoms with Gasteiger partial charge in [0, 0.05) is 12.1 Å². The van der Waals surface area contributed by atoms with Gasteiger partial charge in [0.15, 0.2) is 5.69 Å². The number of aromatic nitrogens is 2. The maximum absolute atomic E-state index is 12.3. The van der Waals surface area contributed by atoms with Gasteiger partial charge in [0.05, 0.1) is 0 Å². The van der Waals surface area contributed by atoms with E-state index in [1.807, 2.05) is 0 Å². The fraction of sp³-hybridized carbons (Fsp3) is 0.500. The molecular formula is C8H8ClF3N2O. The Hall–Kier alpha value is -1.04. The highest BCUT2D eigenvalue weighted by Crippen LogP contribution is 2.29. The van der Waals surface area contributed by atoms with Crippen LogP contribution in [-0.4, -0.2) is 15.0 Å². The van der Waals surface area contributed by atoms with Crippen molar-refractivity contribution in [2.45, 2.75) is 26.1 Å². The number of hydrogen-bond acceptors (Lipinski definition) is 2. The van der Waals surface area contributed by atoms with Gasteiger partial charge in [-0.05, 0) is 25.4 Å². The Bertz CT molecular complexity index is 384. The van der Waals surface area contributed by atoms with Crippen LogP contribution in [0.15, 0.2) is 6.07 Å². The van der Waals surface area contributed by atoms with E-state index in [2.05, 4.69) is 5.10 Å². The molecule has 0 atom stereocenters. The Morgan fingerprint density at radius 1 is 1.53 bits per heavy atom. The highest BCUT2D eigenvalue weighted by Gasteiger charge is 2.35. The molecule has 0 bridgehead atoms. The zero-order chi connectivity index (χ0) is 11.8. The minimum Gasteiger partial charge on any atom is -0.274 e. The maximum Gasteiger partial charge on any atom is 0.435 e. The molecule has 0 aromatic carbocycles. The van der Waals surface area contributed by atoms with E-state index in [-0.39, 0.29) is 11.7 Å². The summed E-state index contributed by atoms with van der Waals surface area (Å²) in [4.78, 5) is 10.8. The third-order valence-corrected chi connectivity index (χ3v) is 1.91. The van der Waals surface area contributed by atoms with Gasteiger partial charge in [-0.2, -0.15) is 18.3 Å². The molecule has 1 aromatic rings. The molecule has 1 heterocycles. The van der Waals surface area contributed by atoms with Gasteiger partial charge < -0.3 is 0 Å². The van der Waals surface area contributed by atoms with Crippen LogP contribution in [0.4, 0.5) is 13.2 Å². The average Bonchev–Trinajstić information content (AvgIpc) is 2.45. The molecule has 0 fully saturated rings. The van der Waals surface area contributed by atoms with Crippen molar-refractivity contribution in [1.29, 1.82) is 0 Å². The largest absolute Gasteiger partial charge is 0.435 e. The summed E-state index contributed by atoms with van der Waals surface area (Å²) in [5.74, 6) is 0. The lowest BCUT2D eigenvalue weighted by Crippen LogP contribution is -2.11. The molecule has 0 aliphatic heterocycles. The summed E-state index contributed by atoms with van der Waals surface area (Å²) < 4.78 is 37.8. The lowest BCUT2D eigenvalue weighted by molar-refractivity contribution is -0.141. The fourth-order valence-corrected chi connectivity index (χ4v) is 1.21. The molecule has 0 spiro atoms. The van der Waals surface area contributed by atoms with E-state index in [1.54, 1.807) is 13.8 Å². The second-order valence-corrected chi connectivity index (χ2v) is 3.57. The van der Waals surface area contributed by atoms with Crippen LogP contribution in [0, 0.1) is 0 Å². The molecule has 0 amide bonds. The average molecular weight is 241 g/mol. The van der Waals surface area contributed by atoms with Crippen molar-refractivity contribution in [3.63, 3.8) is 0 Å². The number of carbonyl (C=O) groups excluding carboxylic acids is 1. The van der Waals surface area contributed by atoms with Crippen molar-refractivity contribution < 1.29 is 18.0 Å². The molecule has 3 nitrogen and oxygen atoms in total. The second-order valence-electron chi connectivity index (χ2n) is 3.22. The van der Waals surface area contributed by atoms with E-state index in [9.17, 15) is 18.0 Å². The number of alkyl halides is 3. The van der Waals surface area contributed by atoms with E-state index in [1.165, 1.54) is 0 Å². The summed E-state index contributed by atoms with van der Waals surface area (Å²) >= 11 is 5.15. The van der Waals surface area contributed by atoms with Gasteiger partial charge >= 0.3 is 6.18 Å². The van der Waals surface area contributed by atoms with Gasteiger partial charge in [0.2, 0.25) is 0 Å². The van der Waals surface area contributed by atoms with Crippen LogP contribution in [0.5, 0.6) is 0 Å². The number of hydrogen-bond donors (Lipinski definition) is 0. The van der Waals surface area contributed by atoms with Crippen molar-refractivity contribution in [2.75, 3.05) is 0 Å². The van der Waals surface area contributed by atoms with E-state index < -0.39 is 17.1 Å². The molecule has 0 radical (unpaired) electrons. The van der Waals surface area contributed by atoms with Crippen molar-refractivity contribution >= 4 is 16.8 Å². The molecule has 1 aromatic heterocycles. The molecule has 0 N–H and O–H groups in total. The van der Waals surface area contributed by atoms with E-state index in [4.69, 9.17) is 11.6 Å². The Labute approximate surface area is 88.8 Å². The Morgan fingerprint density at radius 3 is 2.33 bits per heavy atom. The van der Waals surface area contributed by atoms with Crippen LogP contribution < -0.4 is 0 Å². The zero-order valence-corrected chi connectivity index (χ0v) is 8.73. The summed E-state index contributed by atoms with van der Waals surface area (Å²) in [5.41, 5.74) is -1.36. The zero-order valence-electron chi connectivity index (χ0n) is 7.97. The van der Waals surface area contributed by atoms with Crippen LogP contribution >= 0.6 is 11.6 Å². The summed E-state index contributed by atoms with van der Waals surface area (Å²) in [6, 6.07) is 0.286. The first kappa shape index (κ1) is 12.0. The van der Waals surface area contributed by atoms with Gasteiger partial charge in [0.1, 0.15) is 5.69 Å². The minimum atomic E-state index is -4.57. The molecule has 0 aliphatic rings. The van der Waals surface area contributed by atoms with Crippen molar-refractivity contribution in [3.8, 4) is 0 Å². The van der Waals surface area contributed by atoms with Gasteiger partial charge in [-0.1, -0.05) is 0 Å². The Kier molecular flexibility index (Phi) is 3.08. The quantitative estimate of drug-likeness (QED) is 0.745. The Morgan fingerprint density at radius 2 is 2.07 bits per heavy atom. The number of carbonyl (C=O) groups is 1.